The molecule has 4 rings (SSSR count). The first-order valence-corrected chi connectivity index (χ1v) is 11.6. The molecule has 2 aliphatic carbocycles. The van der Waals surface area contributed by atoms with Crippen LogP contribution in [0.5, 0.6) is 0 Å². The molecule has 0 saturated carbocycles. The van der Waals surface area contributed by atoms with Crippen molar-refractivity contribution < 1.29 is 27.1 Å². The zero-order valence-electron chi connectivity index (χ0n) is 17.2. The van der Waals surface area contributed by atoms with Crippen LogP contribution in [-0.4, -0.2) is 54.6 Å². The summed E-state index contributed by atoms with van der Waals surface area (Å²) in [6.45, 7) is 0. The molecular formula is C21H19ClFN3O5S. The van der Waals surface area contributed by atoms with Crippen molar-refractivity contribution in [3.8, 4) is 0 Å². The van der Waals surface area contributed by atoms with Crippen LogP contribution in [0.25, 0.3) is 5.57 Å². The molecule has 0 radical (unpaired) electrons. The highest BCUT2D eigenvalue weighted by atomic mass is 35.5. The van der Waals surface area contributed by atoms with Crippen LogP contribution in [0.15, 0.2) is 40.9 Å². The van der Waals surface area contributed by atoms with Gasteiger partial charge in [-0.15, -0.1) is 0 Å². The lowest BCUT2D eigenvalue weighted by Gasteiger charge is -2.32. The second-order valence-corrected chi connectivity index (χ2v) is 9.94. The molecule has 0 aliphatic heterocycles. The standard InChI is InChI=1S/C21H19ClFN3O5S/c1-26(32(29,30)13-6-3-11(23)4-7-13)12-5-8-14-15(9-12)18-16(10-24-21(22)25-18)17(14)19(27)20(28)31-2/h3-4,6-7,10,12,17H,5,8-9H2,1-2H3. The van der Waals surface area contributed by atoms with E-state index in [1.54, 1.807) is 0 Å². The first kappa shape index (κ1) is 22.5. The number of ketones is 1. The number of halogens is 2. The summed E-state index contributed by atoms with van der Waals surface area (Å²) in [7, 11) is -1.27. The van der Waals surface area contributed by atoms with Crippen molar-refractivity contribution >= 4 is 38.9 Å². The third kappa shape index (κ3) is 3.72. The minimum atomic E-state index is -3.87. The number of allylic oxidation sites excluding steroid dienone is 1. The van der Waals surface area contributed by atoms with Crippen molar-refractivity contribution in [2.75, 3.05) is 14.2 Å². The summed E-state index contributed by atoms with van der Waals surface area (Å²) in [5, 5.41) is -0.0174. The summed E-state index contributed by atoms with van der Waals surface area (Å²) in [5.74, 6) is -3.10. The van der Waals surface area contributed by atoms with Crippen molar-refractivity contribution in [2.45, 2.75) is 36.1 Å². The van der Waals surface area contributed by atoms with Crippen molar-refractivity contribution in [1.29, 1.82) is 0 Å². The molecule has 1 heterocycles. The number of Topliss-reactive ketones (excluding diaryl/α,β-unsaturated/α-hetero) is 1. The average molecular weight is 480 g/mol. The molecule has 0 bridgehead atoms. The summed E-state index contributed by atoms with van der Waals surface area (Å²) >= 11 is 5.98. The van der Waals surface area contributed by atoms with E-state index in [4.69, 9.17) is 11.6 Å². The molecule has 0 spiro atoms. The number of ether oxygens (including phenoxy) is 1. The van der Waals surface area contributed by atoms with Gasteiger partial charge in [0.05, 0.1) is 23.6 Å². The quantitative estimate of drug-likeness (QED) is 0.368. The number of esters is 1. The number of methoxy groups -OCH3 is 1. The fourth-order valence-corrected chi connectivity index (χ4v) is 5.84. The molecule has 2 aliphatic rings. The number of nitrogens with zero attached hydrogens (tertiary/aromatic N) is 3. The Hall–Kier alpha value is -2.69. The Morgan fingerprint density at radius 1 is 1.25 bits per heavy atom. The fraction of sp³-hybridized carbons (Fsp3) is 0.333. The van der Waals surface area contributed by atoms with Gasteiger partial charge in [-0.1, -0.05) is 0 Å². The summed E-state index contributed by atoms with van der Waals surface area (Å²) in [4.78, 5) is 32.9. The van der Waals surface area contributed by atoms with Gasteiger partial charge < -0.3 is 4.74 Å². The number of hydrogen-bond donors (Lipinski definition) is 0. The maximum Gasteiger partial charge on any atom is 0.375 e. The predicted octanol–water partition coefficient (Wildman–Crippen LogP) is 2.74. The Morgan fingerprint density at radius 3 is 2.59 bits per heavy atom. The third-order valence-electron chi connectivity index (χ3n) is 5.96. The van der Waals surface area contributed by atoms with Crippen LogP contribution in [0.4, 0.5) is 4.39 Å². The van der Waals surface area contributed by atoms with E-state index in [-0.39, 0.29) is 16.6 Å². The molecular weight excluding hydrogens is 461 g/mol. The number of carbonyl (C=O) groups excluding carboxylic acids is 2. The van der Waals surface area contributed by atoms with Gasteiger partial charge in [0.2, 0.25) is 15.3 Å². The highest BCUT2D eigenvalue weighted by Gasteiger charge is 2.44. The normalized spacial score (nSPS) is 20.2. The molecule has 0 saturated heterocycles. The van der Waals surface area contributed by atoms with Crippen molar-refractivity contribution in [3.05, 3.63) is 58.4 Å². The van der Waals surface area contributed by atoms with Crippen LogP contribution in [0.3, 0.4) is 0 Å². The topological polar surface area (TPSA) is 107 Å². The van der Waals surface area contributed by atoms with Crippen LogP contribution in [-0.2, 0) is 24.3 Å². The third-order valence-corrected chi connectivity index (χ3v) is 8.07. The lowest BCUT2D eigenvalue weighted by atomic mass is 9.84. The van der Waals surface area contributed by atoms with Gasteiger partial charge in [0.25, 0.3) is 5.78 Å². The van der Waals surface area contributed by atoms with Crippen LogP contribution in [0.1, 0.15) is 36.4 Å². The predicted molar refractivity (Wildman–Crippen MR) is 113 cm³/mol. The molecule has 2 atom stereocenters. The van der Waals surface area contributed by atoms with Crippen molar-refractivity contribution in [3.63, 3.8) is 0 Å². The van der Waals surface area contributed by atoms with E-state index in [0.717, 1.165) is 19.2 Å². The van der Waals surface area contributed by atoms with E-state index in [9.17, 15) is 22.4 Å². The van der Waals surface area contributed by atoms with Crippen LogP contribution < -0.4 is 0 Å². The minimum Gasteiger partial charge on any atom is -0.463 e. The number of aromatic nitrogens is 2. The lowest BCUT2D eigenvalue weighted by Crippen LogP contribution is -2.38. The van der Waals surface area contributed by atoms with E-state index >= 15 is 0 Å². The zero-order valence-corrected chi connectivity index (χ0v) is 18.8. The Morgan fingerprint density at radius 2 is 1.94 bits per heavy atom. The number of hydrogen-bond acceptors (Lipinski definition) is 7. The molecule has 8 nitrogen and oxygen atoms in total. The van der Waals surface area contributed by atoms with E-state index in [1.165, 1.54) is 29.7 Å². The minimum absolute atomic E-state index is 0.0166. The maximum absolute atomic E-state index is 13.2. The average Bonchev–Trinajstić information content (AvgIpc) is 3.10. The Bertz CT molecular complexity index is 1250. The second-order valence-electron chi connectivity index (χ2n) is 7.61. The molecule has 32 heavy (non-hydrogen) atoms. The molecule has 0 N–H and O–H groups in total. The van der Waals surface area contributed by atoms with Gasteiger partial charge in [0.15, 0.2) is 0 Å². The summed E-state index contributed by atoms with van der Waals surface area (Å²) in [6.07, 6.45) is 2.50. The van der Waals surface area contributed by atoms with E-state index in [1.807, 2.05) is 0 Å². The summed E-state index contributed by atoms with van der Waals surface area (Å²) in [6, 6.07) is 4.20. The Labute approximate surface area is 189 Å². The summed E-state index contributed by atoms with van der Waals surface area (Å²) < 4.78 is 45.2. The Balaban J connectivity index is 1.69. The van der Waals surface area contributed by atoms with Gasteiger partial charge in [0.1, 0.15) is 5.82 Å². The first-order valence-electron chi connectivity index (χ1n) is 9.75. The van der Waals surface area contributed by atoms with E-state index < -0.39 is 39.6 Å². The molecule has 11 heteroatoms. The monoisotopic (exact) mass is 479 g/mol. The van der Waals surface area contributed by atoms with Gasteiger partial charge in [-0.25, -0.2) is 27.6 Å². The van der Waals surface area contributed by atoms with Gasteiger partial charge in [0, 0.05) is 24.8 Å². The zero-order chi connectivity index (χ0) is 23.2. The number of sulfonamides is 1. The van der Waals surface area contributed by atoms with E-state index in [2.05, 4.69) is 14.7 Å². The molecule has 1 aromatic carbocycles. The van der Waals surface area contributed by atoms with Gasteiger partial charge in [-0.3, -0.25) is 4.79 Å². The second kappa shape index (κ2) is 8.34. The van der Waals surface area contributed by atoms with Crippen LogP contribution in [0, 0.1) is 5.82 Å². The first-order chi connectivity index (χ1) is 15.1. The van der Waals surface area contributed by atoms with Crippen molar-refractivity contribution in [1.82, 2.24) is 14.3 Å². The molecule has 0 fully saturated rings. The molecule has 1 aromatic heterocycles. The highest BCUT2D eigenvalue weighted by molar-refractivity contribution is 7.89. The number of benzene rings is 1. The summed E-state index contributed by atoms with van der Waals surface area (Å²) in [5.41, 5.74) is 2.29. The smallest absolute Gasteiger partial charge is 0.375 e. The van der Waals surface area contributed by atoms with Crippen molar-refractivity contribution in [2.24, 2.45) is 0 Å². The fourth-order valence-electron chi connectivity index (χ4n) is 4.32. The number of rotatable bonds is 5. The molecule has 0 amide bonds. The molecule has 2 unspecified atom stereocenters. The highest BCUT2D eigenvalue weighted by Crippen LogP contribution is 2.49. The molecule has 2 aromatic rings. The number of fused-ring (bicyclic) bond motifs is 2. The maximum atomic E-state index is 13.2. The lowest BCUT2D eigenvalue weighted by molar-refractivity contribution is -0.152. The van der Waals surface area contributed by atoms with Gasteiger partial charge in [-0.2, -0.15) is 4.31 Å². The number of carbonyl (C=O) groups is 2. The molecule has 168 valence electrons. The van der Waals surface area contributed by atoms with E-state index in [0.29, 0.717) is 35.2 Å². The van der Waals surface area contributed by atoms with Crippen LogP contribution >= 0.6 is 11.6 Å². The SMILES string of the molecule is COC(=O)C(=O)C1C2=C(CC(N(C)S(=O)(=O)c3ccc(F)cc3)CC2)c2nc(Cl)ncc21. The van der Waals surface area contributed by atoms with Gasteiger partial charge >= 0.3 is 5.97 Å². The van der Waals surface area contributed by atoms with Crippen LogP contribution in [0.2, 0.25) is 5.28 Å². The Kier molecular flexibility index (Phi) is 5.87. The largest absolute Gasteiger partial charge is 0.463 e. The van der Waals surface area contributed by atoms with Gasteiger partial charge in [-0.05, 0) is 66.3 Å².